The molecule has 4 rings (SSSR count). The molecule has 6 heteroatoms. The van der Waals surface area contributed by atoms with Crippen LogP contribution in [0.2, 0.25) is 0 Å². The van der Waals surface area contributed by atoms with E-state index < -0.39 is 17.5 Å². The Kier molecular flexibility index (Phi) is 3.78. The van der Waals surface area contributed by atoms with Gasteiger partial charge in [0.25, 0.3) is 0 Å². The number of ketones is 1. The first-order valence-electron chi connectivity index (χ1n) is 9.01. The molecule has 3 aromatic rings. The molecule has 0 saturated carbocycles. The van der Waals surface area contributed by atoms with Crippen LogP contribution in [0.3, 0.4) is 0 Å². The molecule has 0 radical (unpaired) electrons. The van der Waals surface area contributed by atoms with E-state index in [1.165, 1.54) is 0 Å². The van der Waals surface area contributed by atoms with Gasteiger partial charge in [-0.3, -0.25) is 9.59 Å². The van der Waals surface area contributed by atoms with Gasteiger partial charge < -0.3 is 19.7 Å². The molecule has 1 aromatic heterocycles. The lowest BCUT2D eigenvalue weighted by Gasteiger charge is -2.36. The van der Waals surface area contributed by atoms with Crippen LogP contribution in [0, 0.1) is 0 Å². The van der Waals surface area contributed by atoms with Gasteiger partial charge >= 0.3 is 0 Å². The molecule has 0 amide bonds. The molecule has 1 unspecified atom stereocenters. The number of nitrogens with zero attached hydrogens (tertiary/aromatic N) is 1. The summed E-state index contributed by atoms with van der Waals surface area (Å²) in [6, 6.07) is 8.99. The fourth-order valence-electron chi connectivity index (χ4n) is 3.86. The van der Waals surface area contributed by atoms with Crippen LogP contribution in [0.15, 0.2) is 35.1 Å². The van der Waals surface area contributed by atoms with E-state index in [0.717, 1.165) is 5.52 Å². The molecule has 27 heavy (non-hydrogen) atoms. The number of carbonyl (C=O) groups excluding carboxylic acids is 1. The van der Waals surface area contributed by atoms with Gasteiger partial charge in [-0.1, -0.05) is 12.1 Å². The summed E-state index contributed by atoms with van der Waals surface area (Å²) in [5.74, 6) is -0.0522. The Morgan fingerprint density at radius 3 is 2.67 bits per heavy atom. The fourth-order valence-corrected chi connectivity index (χ4v) is 3.86. The number of fused-ring (bicyclic) bond motifs is 4. The number of anilines is 1. The molecule has 0 fully saturated rings. The highest BCUT2D eigenvalue weighted by molar-refractivity contribution is 6.16. The molecule has 1 atom stereocenters. The van der Waals surface area contributed by atoms with E-state index in [9.17, 15) is 14.7 Å². The Hall–Kier alpha value is -2.86. The number of rotatable bonds is 2. The van der Waals surface area contributed by atoms with Crippen molar-refractivity contribution in [1.82, 2.24) is 4.57 Å². The van der Waals surface area contributed by atoms with E-state index >= 15 is 0 Å². The summed E-state index contributed by atoms with van der Waals surface area (Å²) in [4.78, 5) is 26.3. The number of aliphatic hydroxyl groups is 1. The summed E-state index contributed by atoms with van der Waals surface area (Å²) >= 11 is 0. The third kappa shape index (κ3) is 2.36. The van der Waals surface area contributed by atoms with Crippen molar-refractivity contribution < 1.29 is 14.6 Å². The molecule has 6 nitrogen and oxygen atoms in total. The highest BCUT2D eigenvalue weighted by Crippen LogP contribution is 2.41. The average Bonchev–Trinajstić information content (AvgIpc) is 2.63. The lowest BCUT2D eigenvalue weighted by molar-refractivity contribution is -0.0246. The van der Waals surface area contributed by atoms with Gasteiger partial charge in [0.1, 0.15) is 11.4 Å². The molecule has 1 aliphatic rings. The topological polar surface area (TPSA) is 80.6 Å². The first-order chi connectivity index (χ1) is 12.8. The predicted molar refractivity (Wildman–Crippen MR) is 106 cm³/mol. The second-order valence-electron chi connectivity index (χ2n) is 7.43. The largest absolute Gasteiger partial charge is 0.484 e. The van der Waals surface area contributed by atoms with Crippen LogP contribution in [0.1, 0.15) is 31.1 Å². The van der Waals surface area contributed by atoms with Crippen molar-refractivity contribution in [3.63, 3.8) is 0 Å². The summed E-state index contributed by atoms with van der Waals surface area (Å²) in [5, 5.41) is 14.7. The van der Waals surface area contributed by atoms with Crippen LogP contribution in [0.4, 0.5) is 5.69 Å². The number of ether oxygens (including phenoxy) is 1. The van der Waals surface area contributed by atoms with E-state index in [0.29, 0.717) is 34.3 Å². The molecule has 140 valence electrons. The van der Waals surface area contributed by atoms with Crippen molar-refractivity contribution in [3.8, 4) is 5.75 Å². The number of hydrogen-bond donors (Lipinski definition) is 2. The maximum atomic E-state index is 13.3. The average molecular weight is 366 g/mol. The number of benzene rings is 2. The Balaban J connectivity index is 2.25. The van der Waals surface area contributed by atoms with Gasteiger partial charge in [-0.15, -0.1) is 0 Å². The highest BCUT2D eigenvalue weighted by atomic mass is 16.5. The fraction of sp³-hybridized carbons (Fsp3) is 0.333. The van der Waals surface area contributed by atoms with Crippen LogP contribution in [-0.4, -0.2) is 33.7 Å². The highest BCUT2D eigenvalue weighted by Gasteiger charge is 2.44. The van der Waals surface area contributed by atoms with Crippen molar-refractivity contribution in [2.45, 2.75) is 32.5 Å². The number of para-hydroxylation sites is 1. The molecule has 0 bridgehead atoms. The van der Waals surface area contributed by atoms with Gasteiger partial charge in [0.05, 0.1) is 27.7 Å². The van der Waals surface area contributed by atoms with Gasteiger partial charge in [0.15, 0.2) is 11.5 Å². The molecular formula is C21H22N2O4. The molecular weight excluding hydrogens is 344 g/mol. The van der Waals surface area contributed by atoms with Crippen LogP contribution >= 0.6 is 0 Å². The SMILES string of the molecule is CCNc1cc2c(c3c1c(=O)c1ccccc1n3C)C(=O)C(O)C(C)(C)O2. The van der Waals surface area contributed by atoms with Gasteiger partial charge in [0.2, 0.25) is 5.78 Å². The standard InChI is InChI=1S/C21H22N2O4/c1-5-22-12-10-14-16(19(25)20(26)21(2,3)27-14)17-15(12)18(24)11-8-6-7-9-13(11)23(17)4/h6-10,20,22,26H,5H2,1-4H3. The monoisotopic (exact) mass is 366 g/mol. The van der Waals surface area contributed by atoms with Crippen LogP contribution in [-0.2, 0) is 7.05 Å². The Morgan fingerprint density at radius 2 is 1.96 bits per heavy atom. The van der Waals surface area contributed by atoms with Crippen LogP contribution in [0.5, 0.6) is 5.75 Å². The number of hydrogen-bond acceptors (Lipinski definition) is 5. The van der Waals surface area contributed by atoms with E-state index in [4.69, 9.17) is 4.74 Å². The molecule has 2 aromatic carbocycles. The van der Waals surface area contributed by atoms with Crippen molar-refractivity contribution >= 4 is 33.3 Å². The predicted octanol–water partition coefficient (Wildman–Crippen LogP) is 2.84. The first-order valence-corrected chi connectivity index (χ1v) is 9.01. The quantitative estimate of drug-likeness (QED) is 0.682. The van der Waals surface area contributed by atoms with Gasteiger partial charge in [-0.05, 0) is 32.9 Å². The van der Waals surface area contributed by atoms with Crippen molar-refractivity contribution in [2.24, 2.45) is 7.05 Å². The summed E-state index contributed by atoms with van der Waals surface area (Å²) in [7, 11) is 1.82. The number of aryl methyl sites for hydroxylation is 1. The Morgan fingerprint density at radius 1 is 1.26 bits per heavy atom. The first kappa shape index (κ1) is 17.5. The molecule has 2 N–H and O–H groups in total. The number of Topliss-reactive ketones (excluding diaryl/α,β-unsaturated/α-hetero) is 1. The summed E-state index contributed by atoms with van der Waals surface area (Å²) in [6.45, 7) is 5.91. The summed E-state index contributed by atoms with van der Waals surface area (Å²) in [5.41, 5.74) is 0.882. The second-order valence-corrected chi connectivity index (χ2v) is 7.43. The number of aliphatic hydroxyl groups excluding tert-OH is 1. The minimum atomic E-state index is -1.31. The van der Waals surface area contributed by atoms with Crippen molar-refractivity contribution in [1.29, 1.82) is 0 Å². The minimum Gasteiger partial charge on any atom is -0.484 e. The Labute approximate surface area is 156 Å². The van der Waals surface area contributed by atoms with E-state index in [-0.39, 0.29) is 11.0 Å². The van der Waals surface area contributed by atoms with E-state index in [1.54, 1.807) is 26.0 Å². The maximum absolute atomic E-state index is 13.3. The van der Waals surface area contributed by atoms with Gasteiger partial charge in [-0.2, -0.15) is 0 Å². The van der Waals surface area contributed by atoms with Crippen molar-refractivity contribution in [2.75, 3.05) is 11.9 Å². The molecule has 0 aliphatic carbocycles. The number of aromatic nitrogens is 1. The normalized spacial score (nSPS) is 18.4. The Bertz CT molecular complexity index is 1160. The zero-order chi connectivity index (χ0) is 19.5. The minimum absolute atomic E-state index is 0.149. The number of nitrogens with one attached hydrogen (secondary N) is 1. The lowest BCUT2D eigenvalue weighted by Crippen LogP contribution is -2.50. The number of carbonyl (C=O) groups is 1. The summed E-state index contributed by atoms with van der Waals surface area (Å²) in [6.07, 6.45) is -1.31. The molecule has 0 spiro atoms. The number of pyridine rings is 1. The van der Waals surface area contributed by atoms with Crippen LogP contribution in [0.25, 0.3) is 21.8 Å². The summed E-state index contributed by atoms with van der Waals surface area (Å²) < 4.78 is 7.81. The third-order valence-electron chi connectivity index (χ3n) is 5.23. The van der Waals surface area contributed by atoms with Gasteiger partial charge in [0, 0.05) is 25.0 Å². The molecule has 2 heterocycles. The van der Waals surface area contributed by atoms with Crippen molar-refractivity contribution in [3.05, 3.63) is 46.1 Å². The maximum Gasteiger partial charge on any atom is 0.201 e. The zero-order valence-corrected chi connectivity index (χ0v) is 15.8. The molecule has 0 saturated heterocycles. The van der Waals surface area contributed by atoms with E-state index in [2.05, 4.69) is 5.32 Å². The molecule has 1 aliphatic heterocycles. The van der Waals surface area contributed by atoms with Crippen LogP contribution < -0.4 is 15.5 Å². The van der Waals surface area contributed by atoms with Gasteiger partial charge in [-0.25, -0.2) is 0 Å². The lowest BCUT2D eigenvalue weighted by atomic mass is 9.88. The smallest absolute Gasteiger partial charge is 0.201 e. The third-order valence-corrected chi connectivity index (χ3v) is 5.23. The van der Waals surface area contributed by atoms with E-state index in [1.807, 2.05) is 36.7 Å². The second kappa shape index (κ2) is 5.82. The zero-order valence-electron chi connectivity index (χ0n) is 15.8.